The van der Waals surface area contributed by atoms with Crippen molar-refractivity contribution in [2.75, 3.05) is 18.1 Å². The van der Waals surface area contributed by atoms with Gasteiger partial charge in [-0.3, -0.25) is 0 Å². The van der Waals surface area contributed by atoms with Gasteiger partial charge in [-0.25, -0.2) is 4.98 Å². The Kier molecular flexibility index (Phi) is 4.65. The van der Waals surface area contributed by atoms with E-state index in [4.69, 9.17) is 4.74 Å². The van der Waals surface area contributed by atoms with E-state index in [1.165, 1.54) is 27.8 Å². The summed E-state index contributed by atoms with van der Waals surface area (Å²) in [5.74, 6) is 2.44. The topological polar surface area (TPSA) is 34.2 Å². The fourth-order valence-corrected chi connectivity index (χ4v) is 5.34. The number of nitrogens with one attached hydrogen (secondary N) is 1. The van der Waals surface area contributed by atoms with E-state index in [9.17, 15) is 0 Å². The zero-order valence-electron chi connectivity index (χ0n) is 13.3. The number of rotatable bonds is 3. The van der Waals surface area contributed by atoms with Crippen LogP contribution < -0.4 is 5.32 Å². The Hall–Kier alpha value is -0.100. The highest BCUT2D eigenvalue weighted by Crippen LogP contribution is 2.38. The number of nitrogens with zero attached hydrogens (tertiary/aromatic N) is 1. The van der Waals surface area contributed by atoms with E-state index < -0.39 is 0 Å². The minimum atomic E-state index is 0.167. The van der Waals surface area contributed by atoms with Crippen LogP contribution in [0.4, 0.5) is 0 Å². The third-order valence-electron chi connectivity index (χ3n) is 4.39. The fourth-order valence-electron chi connectivity index (χ4n) is 3.04. The van der Waals surface area contributed by atoms with E-state index in [1.54, 1.807) is 0 Å². The van der Waals surface area contributed by atoms with Gasteiger partial charge in [0.25, 0.3) is 0 Å². The Balaban J connectivity index is 1.54. The number of thiazole rings is 1. The molecular formula is C16H26N2OS2. The molecule has 2 aliphatic rings. The van der Waals surface area contributed by atoms with Crippen LogP contribution in [-0.4, -0.2) is 34.7 Å². The van der Waals surface area contributed by atoms with Crippen molar-refractivity contribution in [2.45, 2.75) is 63.6 Å². The van der Waals surface area contributed by atoms with Crippen LogP contribution in [0.5, 0.6) is 0 Å². The highest BCUT2D eigenvalue weighted by atomic mass is 32.2. The summed E-state index contributed by atoms with van der Waals surface area (Å²) >= 11 is 3.88. The summed E-state index contributed by atoms with van der Waals surface area (Å²) in [6.45, 7) is 8.55. The van der Waals surface area contributed by atoms with Crippen LogP contribution in [0.1, 0.15) is 49.9 Å². The first kappa shape index (κ1) is 15.8. The van der Waals surface area contributed by atoms with Crippen molar-refractivity contribution >= 4 is 23.1 Å². The molecule has 0 aliphatic carbocycles. The molecule has 3 rings (SSSR count). The van der Waals surface area contributed by atoms with Crippen molar-refractivity contribution in [2.24, 2.45) is 0 Å². The number of aromatic nitrogens is 1. The molecule has 1 aromatic heterocycles. The molecule has 2 saturated heterocycles. The lowest BCUT2D eigenvalue weighted by Gasteiger charge is -2.38. The number of hydrogen-bond acceptors (Lipinski definition) is 5. The van der Waals surface area contributed by atoms with E-state index in [2.05, 4.69) is 31.1 Å². The molecule has 3 heterocycles. The van der Waals surface area contributed by atoms with Crippen LogP contribution in [0.3, 0.4) is 0 Å². The lowest BCUT2D eigenvalue weighted by Crippen LogP contribution is -2.47. The van der Waals surface area contributed by atoms with Crippen molar-refractivity contribution in [1.29, 1.82) is 0 Å². The summed E-state index contributed by atoms with van der Waals surface area (Å²) in [6.07, 6.45) is 5.56. The Morgan fingerprint density at radius 1 is 1.48 bits per heavy atom. The molecule has 2 fully saturated rings. The number of thioether (sulfide) groups is 1. The van der Waals surface area contributed by atoms with Crippen molar-refractivity contribution in [3.63, 3.8) is 0 Å². The standard InChI is InChI=1S/C16H26N2OS2/c1-15(2,3)13-9-18-14(21-13)10-17-12-4-6-19-16(8-12)5-7-20-11-16/h9,12,17H,4-8,10-11H2,1-3H3. The molecule has 2 aliphatic heterocycles. The third kappa shape index (κ3) is 3.81. The maximum atomic E-state index is 6.08. The normalized spacial score (nSPS) is 30.1. The predicted molar refractivity (Wildman–Crippen MR) is 91.3 cm³/mol. The van der Waals surface area contributed by atoms with Crippen molar-refractivity contribution in [1.82, 2.24) is 10.3 Å². The lowest BCUT2D eigenvalue weighted by molar-refractivity contribution is -0.0703. The van der Waals surface area contributed by atoms with Crippen LogP contribution in [0, 0.1) is 0 Å². The van der Waals surface area contributed by atoms with Gasteiger partial charge in [0.1, 0.15) is 5.01 Å². The molecule has 3 nitrogen and oxygen atoms in total. The van der Waals surface area contributed by atoms with Crippen molar-refractivity contribution < 1.29 is 4.74 Å². The van der Waals surface area contributed by atoms with Crippen molar-refractivity contribution in [3.8, 4) is 0 Å². The monoisotopic (exact) mass is 326 g/mol. The third-order valence-corrected chi connectivity index (χ3v) is 7.04. The number of hydrogen-bond donors (Lipinski definition) is 1. The minimum Gasteiger partial charge on any atom is -0.374 e. The lowest BCUT2D eigenvalue weighted by atomic mass is 9.90. The van der Waals surface area contributed by atoms with Gasteiger partial charge in [-0.15, -0.1) is 11.3 Å². The molecule has 118 valence electrons. The van der Waals surface area contributed by atoms with Crippen LogP contribution in [-0.2, 0) is 16.7 Å². The van der Waals surface area contributed by atoms with E-state index in [0.29, 0.717) is 6.04 Å². The zero-order chi connectivity index (χ0) is 14.9. The fraction of sp³-hybridized carbons (Fsp3) is 0.812. The van der Waals surface area contributed by atoms with Gasteiger partial charge in [0.2, 0.25) is 0 Å². The summed E-state index contributed by atoms with van der Waals surface area (Å²) in [5, 5.41) is 4.92. The second-order valence-corrected chi connectivity index (χ2v) is 9.49. The maximum absolute atomic E-state index is 6.08. The molecule has 2 atom stereocenters. The highest BCUT2D eigenvalue weighted by Gasteiger charge is 2.40. The number of ether oxygens (including phenoxy) is 1. The van der Waals surface area contributed by atoms with E-state index in [1.807, 2.05) is 29.3 Å². The van der Waals surface area contributed by atoms with Crippen LogP contribution in [0.15, 0.2) is 6.20 Å². The summed E-state index contributed by atoms with van der Waals surface area (Å²) in [6, 6.07) is 0.583. The molecule has 1 spiro atoms. The smallest absolute Gasteiger partial charge is 0.107 e. The van der Waals surface area contributed by atoms with Crippen molar-refractivity contribution in [3.05, 3.63) is 16.1 Å². The second kappa shape index (κ2) is 6.19. The average Bonchev–Trinajstić information content (AvgIpc) is 3.06. The minimum absolute atomic E-state index is 0.167. The Bertz CT molecular complexity index is 475. The first-order valence-electron chi connectivity index (χ1n) is 7.87. The Morgan fingerprint density at radius 3 is 3.00 bits per heavy atom. The summed E-state index contributed by atoms with van der Waals surface area (Å²) < 4.78 is 6.08. The van der Waals surface area contributed by atoms with Gasteiger partial charge in [0, 0.05) is 36.0 Å². The molecule has 0 aromatic carbocycles. The first-order valence-corrected chi connectivity index (χ1v) is 9.84. The van der Waals surface area contributed by atoms with Gasteiger partial charge < -0.3 is 10.1 Å². The first-order chi connectivity index (χ1) is 9.97. The van der Waals surface area contributed by atoms with E-state index in [-0.39, 0.29) is 11.0 Å². The highest BCUT2D eigenvalue weighted by molar-refractivity contribution is 7.99. The quantitative estimate of drug-likeness (QED) is 0.920. The van der Waals surface area contributed by atoms with Crippen LogP contribution >= 0.6 is 23.1 Å². The molecule has 0 bridgehead atoms. The summed E-state index contributed by atoms with van der Waals surface area (Å²) in [5.41, 5.74) is 0.375. The molecule has 0 saturated carbocycles. The molecule has 1 aromatic rings. The molecule has 21 heavy (non-hydrogen) atoms. The van der Waals surface area contributed by atoms with Gasteiger partial charge >= 0.3 is 0 Å². The molecular weight excluding hydrogens is 300 g/mol. The van der Waals surface area contributed by atoms with Gasteiger partial charge in [-0.1, -0.05) is 20.8 Å². The SMILES string of the molecule is CC(C)(C)c1cnc(CNC2CCOC3(CCSC3)C2)s1. The zero-order valence-corrected chi connectivity index (χ0v) is 14.9. The van der Waals surface area contributed by atoms with Gasteiger partial charge in [0.15, 0.2) is 0 Å². The van der Waals surface area contributed by atoms with E-state index in [0.717, 1.165) is 26.0 Å². The van der Waals surface area contributed by atoms with Gasteiger partial charge in [-0.05, 0) is 30.4 Å². The largest absolute Gasteiger partial charge is 0.374 e. The van der Waals surface area contributed by atoms with Gasteiger partial charge in [-0.2, -0.15) is 11.8 Å². The van der Waals surface area contributed by atoms with Crippen LogP contribution in [0.25, 0.3) is 0 Å². The van der Waals surface area contributed by atoms with Gasteiger partial charge in [0.05, 0.1) is 5.60 Å². The van der Waals surface area contributed by atoms with Crippen LogP contribution in [0.2, 0.25) is 0 Å². The second-order valence-electron chi connectivity index (χ2n) is 7.27. The Labute approximate surface area is 136 Å². The molecule has 2 unspecified atom stereocenters. The summed E-state index contributed by atoms with van der Waals surface area (Å²) in [4.78, 5) is 5.95. The maximum Gasteiger partial charge on any atom is 0.107 e. The Morgan fingerprint density at radius 2 is 2.33 bits per heavy atom. The predicted octanol–water partition coefficient (Wildman–Crippen LogP) is 3.58. The van der Waals surface area contributed by atoms with E-state index >= 15 is 0 Å². The molecule has 1 N–H and O–H groups in total. The molecule has 0 radical (unpaired) electrons. The average molecular weight is 327 g/mol. The molecule has 5 heteroatoms. The molecule has 0 amide bonds. The summed E-state index contributed by atoms with van der Waals surface area (Å²) in [7, 11) is 0.